The van der Waals surface area contributed by atoms with Gasteiger partial charge in [0.1, 0.15) is 17.4 Å². The molecule has 0 saturated heterocycles. The largest absolute Gasteiger partial charge is 0.480 e. The molecule has 2 aromatic carbocycles. The lowest BCUT2D eigenvalue weighted by atomic mass is 9.96. The molecule has 34 heavy (non-hydrogen) atoms. The summed E-state index contributed by atoms with van der Waals surface area (Å²) in [6.07, 6.45) is 3.48. The minimum Gasteiger partial charge on any atom is -0.480 e. The minimum atomic E-state index is -4.20. The number of fused-ring (bicyclic) bond motifs is 4. The molecule has 0 bridgehead atoms. The molecule has 0 saturated carbocycles. The van der Waals surface area contributed by atoms with Gasteiger partial charge in [0.25, 0.3) is 11.8 Å². The molecule has 9 nitrogen and oxygen atoms in total. The van der Waals surface area contributed by atoms with Crippen LogP contribution in [0.4, 0.5) is 0 Å². The number of nitrogens with one attached hydrogen (secondary N) is 1. The molecule has 1 aliphatic heterocycles. The average molecular weight is 483 g/mol. The first-order valence-electron chi connectivity index (χ1n) is 11.0. The molecular formula is C24H22N2O7S. The number of carbonyl (C=O) groups is 3. The van der Waals surface area contributed by atoms with E-state index in [1.165, 1.54) is 24.3 Å². The van der Waals surface area contributed by atoms with Crippen molar-refractivity contribution in [3.63, 3.8) is 0 Å². The normalized spacial score (nSPS) is 16.5. The summed E-state index contributed by atoms with van der Waals surface area (Å²) in [6.45, 7) is -0.240. The molecule has 2 aliphatic rings. The van der Waals surface area contributed by atoms with Crippen molar-refractivity contribution in [1.29, 1.82) is 0 Å². The predicted molar refractivity (Wildman–Crippen MR) is 121 cm³/mol. The molecule has 1 aliphatic carbocycles. The SMILES string of the molecule is O=C(O)C(CCN1C(=O)c2ccccc2C1=O)NS(=O)(=O)c1ccc2c3c(oc2c1)CCCC3. The van der Waals surface area contributed by atoms with Crippen LogP contribution in [0.1, 0.15) is 51.3 Å². The highest BCUT2D eigenvalue weighted by molar-refractivity contribution is 7.89. The standard InChI is InChI=1S/C24H22N2O7S/c27-22-17-6-1-2-7-18(17)23(28)26(22)12-11-19(24(29)30)25-34(31,32)14-9-10-16-15-5-3-4-8-20(15)33-21(16)13-14/h1-2,6-7,9-10,13,19,25H,3-5,8,11-12H2,(H,29,30). The number of rotatable bonds is 7. The Morgan fingerprint density at radius 1 is 1.06 bits per heavy atom. The molecule has 1 atom stereocenters. The van der Waals surface area contributed by atoms with E-state index in [2.05, 4.69) is 4.72 Å². The van der Waals surface area contributed by atoms with Gasteiger partial charge < -0.3 is 9.52 Å². The zero-order valence-electron chi connectivity index (χ0n) is 18.1. The Hall–Kier alpha value is -3.50. The van der Waals surface area contributed by atoms with Gasteiger partial charge in [-0.05, 0) is 49.9 Å². The molecule has 0 spiro atoms. The van der Waals surface area contributed by atoms with Crippen molar-refractivity contribution < 1.29 is 32.3 Å². The van der Waals surface area contributed by atoms with Crippen LogP contribution in [0.15, 0.2) is 51.8 Å². The van der Waals surface area contributed by atoms with E-state index in [0.29, 0.717) is 5.58 Å². The van der Waals surface area contributed by atoms with Gasteiger partial charge in [0.05, 0.1) is 16.0 Å². The van der Waals surface area contributed by atoms with Crippen molar-refractivity contribution in [2.45, 2.75) is 43.0 Å². The summed E-state index contributed by atoms with van der Waals surface area (Å²) >= 11 is 0. The van der Waals surface area contributed by atoms with Gasteiger partial charge in [-0.1, -0.05) is 12.1 Å². The van der Waals surface area contributed by atoms with Crippen LogP contribution in [0.5, 0.6) is 0 Å². The van der Waals surface area contributed by atoms with E-state index in [0.717, 1.165) is 47.3 Å². The third-order valence-corrected chi connectivity index (χ3v) is 7.82. The number of carbonyl (C=O) groups excluding carboxylic acids is 2. The van der Waals surface area contributed by atoms with Crippen molar-refractivity contribution in [1.82, 2.24) is 9.62 Å². The van der Waals surface area contributed by atoms with Gasteiger partial charge in [-0.2, -0.15) is 4.72 Å². The van der Waals surface area contributed by atoms with Crippen LogP contribution in [0.2, 0.25) is 0 Å². The van der Waals surface area contributed by atoms with Gasteiger partial charge in [-0.3, -0.25) is 19.3 Å². The first-order valence-corrected chi connectivity index (χ1v) is 12.5. The van der Waals surface area contributed by atoms with E-state index in [1.807, 2.05) is 0 Å². The highest BCUT2D eigenvalue weighted by atomic mass is 32.2. The Balaban J connectivity index is 1.33. The third-order valence-electron chi connectivity index (χ3n) is 6.35. The summed E-state index contributed by atoms with van der Waals surface area (Å²) < 4.78 is 34.0. The second kappa shape index (κ2) is 8.37. The van der Waals surface area contributed by atoms with Crippen LogP contribution in [0.25, 0.3) is 11.0 Å². The van der Waals surface area contributed by atoms with E-state index >= 15 is 0 Å². The molecule has 2 amide bonds. The third kappa shape index (κ3) is 3.78. The quantitative estimate of drug-likeness (QED) is 0.495. The Kier molecular flexibility index (Phi) is 5.49. The van der Waals surface area contributed by atoms with E-state index < -0.39 is 33.8 Å². The van der Waals surface area contributed by atoms with Crippen LogP contribution in [-0.4, -0.2) is 48.8 Å². The lowest BCUT2D eigenvalue weighted by molar-refractivity contribution is -0.139. The minimum absolute atomic E-state index is 0.113. The molecule has 10 heteroatoms. The van der Waals surface area contributed by atoms with Crippen LogP contribution in [-0.2, 0) is 27.7 Å². The van der Waals surface area contributed by atoms with Crippen molar-refractivity contribution >= 4 is 38.8 Å². The van der Waals surface area contributed by atoms with Crippen LogP contribution in [0, 0.1) is 0 Å². The lowest BCUT2D eigenvalue weighted by Crippen LogP contribution is -2.43. The highest BCUT2D eigenvalue weighted by Gasteiger charge is 2.36. The van der Waals surface area contributed by atoms with Gasteiger partial charge in [-0.25, -0.2) is 8.42 Å². The maximum atomic E-state index is 13.0. The molecule has 1 aromatic heterocycles. The topological polar surface area (TPSA) is 134 Å². The number of amides is 2. The monoisotopic (exact) mass is 482 g/mol. The number of carboxylic acid groups (broad SMARTS) is 1. The van der Waals surface area contributed by atoms with Gasteiger partial charge >= 0.3 is 5.97 Å². The lowest BCUT2D eigenvalue weighted by Gasteiger charge is -2.18. The average Bonchev–Trinajstić information content (AvgIpc) is 3.31. The number of carboxylic acids is 1. The van der Waals surface area contributed by atoms with Gasteiger partial charge in [0.15, 0.2) is 0 Å². The second-order valence-electron chi connectivity index (χ2n) is 8.48. The van der Waals surface area contributed by atoms with E-state index in [1.54, 1.807) is 18.2 Å². The highest BCUT2D eigenvalue weighted by Crippen LogP contribution is 2.33. The Bertz CT molecular complexity index is 1410. The van der Waals surface area contributed by atoms with Crippen LogP contribution >= 0.6 is 0 Å². The Labute approximate surface area is 195 Å². The zero-order chi connectivity index (χ0) is 24.0. The molecule has 1 unspecified atom stereocenters. The summed E-state index contributed by atoms with van der Waals surface area (Å²) in [4.78, 5) is 37.7. The molecule has 0 radical (unpaired) electrons. The maximum absolute atomic E-state index is 13.0. The first kappa shape index (κ1) is 22.3. The fraction of sp³-hybridized carbons (Fsp3) is 0.292. The number of nitrogens with zero attached hydrogens (tertiary/aromatic N) is 1. The fourth-order valence-electron chi connectivity index (χ4n) is 4.60. The predicted octanol–water partition coefficient (Wildman–Crippen LogP) is 2.73. The maximum Gasteiger partial charge on any atom is 0.321 e. The smallest absolute Gasteiger partial charge is 0.321 e. The number of hydrogen-bond donors (Lipinski definition) is 2. The zero-order valence-corrected chi connectivity index (χ0v) is 18.9. The van der Waals surface area contributed by atoms with Crippen molar-refractivity contribution in [2.75, 3.05) is 6.54 Å². The summed E-state index contributed by atoms with van der Waals surface area (Å²) in [6, 6.07) is 9.30. The number of imide groups is 1. The molecule has 176 valence electrons. The molecule has 0 fully saturated rings. The number of furan rings is 1. The van der Waals surface area contributed by atoms with Crippen molar-refractivity contribution in [3.8, 4) is 0 Å². The van der Waals surface area contributed by atoms with Gasteiger partial charge in [-0.15, -0.1) is 0 Å². The molecule has 2 N–H and O–H groups in total. The number of hydrogen-bond acceptors (Lipinski definition) is 6. The number of aryl methyl sites for hydroxylation is 2. The van der Waals surface area contributed by atoms with E-state index in [9.17, 15) is 27.9 Å². The number of aliphatic carboxylic acids is 1. The van der Waals surface area contributed by atoms with E-state index in [4.69, 9.17) is 4.42 Å². The van der Waals surface area contributed by atoms with Gasteiger partial charge in [0, 0.05) is 30.0 Å². The summed E-state index contributed by atoms with van der Waals surface area (Å²) in [5.41, 5.74) is 2.04. The summed E-state index contributed by atoms with van der Waals surface area (Å²) in [5.74, 6) is -1.59. The summed E-state index contributed by atoms with van der Waals surface area (Å²) in [7, 11) is -4.20. The first-order chi connectivity index (χ1) is 16.3. The molecule has 5 rings (SSSR count). The van der Waals surface area contributed by atoms with Crippen LogP contribution < -0.4 is 4.72 Å². The van der Waals surface area contributed by atoms with Crippen LogP contribution in [0.3, 0.4) is 0 Å². The molecule has 2 heterocycles. The number of benzene rings is 2. The summed E-state index contributed by atoms with van der Waals surface area (Å²) in [5, 5.41) is 10.5. The molecular weight excluding hydrogens is 460 g/mol. The molecule has 3 aromatic rings. The van der Waals surface area contributed by atoms with Crippen molar-refractivity contribution in [2.24, 2.45) is 0 Å². The van der Waals surface area contributed by atoms with Gasteiger partial charge in [0.2, 0.25) is 10.0 Å². The number of sulfonamides is 1. The van der Waals surface area contributed by atoms with Crippen molar-refractivity contribution in [3.05, 3.63) is 64.9 Å². The second-order valence-corrected chi connectivity index (χ2v) is 10.2. The Morgan fingerprint density at radius 3 is 2.41 bits per heavy atom. The Morgan fingerprint density at radius 2 is 1.74 bits per heavy atom. The van der Waals surface area contributed by atoms with E-state index in [-0.39, 0.29) is 29.0 Å². The fourth-order valence-corrected chi connectivity index (χ4v) is 5.84.